The van der Waals surface area contributed by atoms with Gasteiger partial charge >= 0.3 is 0 Å². The minimum absolute atomic E-state index is 0.00451. The SMILES string of the molecule is CCN(C(C)=O)c1nc(CSc2nnc(-c3ccco3)n2CC)cs1. The second kappa shape index (κ2) is 7.83. The molecule has 0 radical (unpaired) electrons. The first-order valence-corrected chi connectivity index (χ1v) is 9.82. The Balaban J connectivity index is 1.72. The molecule has 3 aromatic heterocycles. The van der Waals surface area contributed by atoms with Crippen molar-refractivity contribution in [1.82, 2.24) is 19.7 Å². The number of carbonyl (C=O) groups is 1. The minimum atomic E-state index is 0.00451. The molecule has 25 heavy (non-hydrogen) atoms. The number of furan rings is 1. The summed E-state index contributed by atoms with van der Waals surface area (Å²) in [4.78, 5) is 17.8. The lowest BCUT2D eigenvalue weighted by Crippen LogP contribution is -2.27. The summed E-state index contributed by atoms with van der Waals surface area (Å²) < 4.78 is 7.44. The smallest absolute Gasteiger partial charge is 0.225 e. The second-order valence-corrected chi connectivity index (χ2v) is 6.98. The van der Waals surface area contributed by atoms with Gasteiger partial charge in [-0.25, -0.2) is 4.98 Å². The molecule has 3 aromatic rings. The first-order chi connectivity index (χ1) is 12.1. The van der Waals surface area contributed by atoms with E-state index in [-0.39, 0.29) is 5.91 Å². The third kappa shape index (κ3) is 3.77. The lowest BCUT2D eigenvalue weighted by Gasteiger charge is -2.14. The first-order valence-electron chi connectivity index (χ1n) is 7.96. The zero-order valence-electron chi connectivity index (χ0n) is 14.3. The highest BCUT2D eigenvalue weighted by Gasteiger charge is 2.17. The summed E-state index contributed by atoms with van der Waals surface area (Å²) in [5.74, 6) is 2.10. The van der Waals surface area contributed by atoms with Crippen molar-refractivity contribution in [2.45, 2.75) is 38.2 Å². The fourth-order valence-electron chi connectivity index (χ4n) is 2.39. The maximum atomic E-state index is 11.6. The van der Waals surface area contributed by atoms with Crippen molar-refractivity contribution in [2.24, 2.45) is 0 Å². The van der Waals surface area contributed by atoms with Gasteiger partial charge in [0.05, 0.1) is 12.0 Å². The number of nitrogens with zero attached hydrogens (tertiary/aromatic N) is 5. The first kappa shape index (κ1) is 17.7. The largest absolute Gasteiger partial charge is 0.461 e. The highest BCUT2D eigenvalue weighted by atomic mass is 32.2. The summed E-state index contributed by atoms with van der Waals surface area (Å²) in [7, 11) is 0. The molecular weight excluding hydrogens is 358 g/mol. The van der Waals surface area contributed by atoms with E-state index in [4.69, 9.17) is 4.42 Å². The second-order valence-electron chi connectivity index (χ2n) is 5.20. The molecule has 0 spiro atoms. The van der Waals surface area contributed by atoms with E-state index < -0.39 is 0 Å². The molecule has 0 bridgehead atoms. The van der Waals surface area contributed by atoms with E-state index in [0.717, 1.165) is 28.4 Å². The molecule has 0 aliphatic carbocycles. The van der Waals surface area contributed by atoms with Crippen LogP contribution in [0.3, 0.4) is 0 Å². The Morgan fingerprint density at radius 2 is 2.24 bits per heavy atom. The lowest BCUT2D eigenvalue weighted by atomic mass is 10.4. The molecule has 0 N–H and O–H groups in total. The molecule has 1 amide bonds. The van der Waals surface area contributed by atoms with Gasteiger partial charge in [-0.05, 0) is 26.0 Å². The van der Waals surface area contributed by atoms with E-state index in [1.165, 1.54) is 11.3 Å². The Bertz CT molecular complexity index is 841. The number of hydrogen-bond donors (Lipinski definition) is 0. The van der Waals surface area contributed by atoms with Crippen molar-refractivity contribution in [3.63, 3.8) is 0 Å². The molecule has 0 aliphatic heterocycles. The van der Waals surface area contributed by atoms with Crippen molar-refractivity contribution in [2.75, 3.05) is 11.4 Å². The molecule has 0 unspecified atom stereocenters. The van der Waals surface area contributed by atoms with Crippen LogP contribution < -0.4 is 4.90 Å². The zero-order valence-corrected chi connectivity index (χ0v) is 15.9. The molecule has 7 nitrogen and oxygen atoms in total. The summed E-state index contributed by atoms with van der Waals surface area (Å²) in [5, 5.41) is 12.0. The molecule has 0 saturated carbocycles. The van der Waals surface area contributed by atoms with Gasteiger partial charge in [0.1, 0.15) is 0 Å². The molecule has 0 saturated heterocycles. The van der Waals surface area contributed by atoms with Crippen LogP contribution in [0.15, 0.2) is 33.3 Å². The Hall–Kier alpha value is -2.13. The van der Waals surface area contributed by atoms with Gasteiger partial charge in [-0.3, -0.25) is 14.3 Å². The Labute approximate surface area is 154 Å². The molecule has 3 rings (SSSR count). The fraction of sp³-hybridized carbons (Fsp3) is 0.375. The van der Waals surface area contributed by atoms with Gasteiger partial charge in [0.2, 0.25) is 5.91 Å². The highest BCUT2D eigenvalue weighted by Crippen LogP contribution is 2.28. The maximum absolute atomic E-state index is 11.6. The topological polar surface area (TPSA) is 77.1 Å². The van der Waals surface area contributed by atoms with Gasteiger partial charge in [0.25, 0.3) is 0 Å². The van der Waals surface area contributed by atoms with E-state index in [2.05, 4.69) is 15.2 Å². The van der Waals surface area contributed by atoms with Crippen LogP contribution in [0.1, 0.15) is 26.5 Å². The third-order valence-corrected chi connectivity index (χ3v) is 5.50. The van der Waals surface area contributed by atoms with E-state index in [0.29, 0.717) is 18.1 Å². The van der Waals surface area contributed by atoms with Crippen LogP contribution in [0.5, 0.6) is 0 Å². The average Bonchev–Trinajstić information content (AvgIpc) is 3.33. The lowest BCUT2D eigenvalue weighted by molar-refractivity contribution is -0.116. The van der Waals surface area contributed by atoms with E-state index >= 15 is 0 Å². The molecule has 0 fully saturated rings. The molecule has 9 heteroatoms. The Morgan fingerprint density at radius 1 is 1.40 bits per heavy atom. The number of thiazole rings is 1. The summed E-state index contributed by atoms with van der Waals surface area (Å²) in [5.41, 5.74) is 0.926. The van der Waals surface area contributed by atoms with Crippen molar-refractivity contribution < 1.29 is 9.21 Å². The van der Waals surface area contributed by atoms with Gasteiger partial charge in [-0.15, -0.1) is 21.5 Å². The Morgan fingerprint density at radius 3 is 2.88 bits per heavy atom. The van der Waals surface area contributed by atoms with E-state index in [1.807, 2.05) is 35.9 Å². The van der Waals surface area contributed by atoms with Gasteiger partial charge in [0, 0.05) is 31.1 Å². The van der Waals surface area contributed by atoms with Gasteiger partial charge in [0.15, 0.2) is 21.9 Å². The maximum Gasteiger partial charge on any atom is 0.225 e. The van der Waals surface area contributed by atoms with Crippen LogP contribution in [0, 0.1) is 0 Å². The Kier molecular flexibility index (Phi) is 5.54. The molecule has 132 valence electrons. The molecule has 0 aliphatic rings. The monoisotopic (exact) mass is 377 g/mol. The number of hydrogen-bond acceptors (Lipinski definition) is 7. The zero-order chi connectivity index (χ0) is 17.8. The fourth-order valence-corrected chi connectivity index (χ4v) is 4.32. The van der Waals surface area contributed by atoms with E-state index in [1.54, 1.807) is 29.8 Å². The number of carbonyl (C=O) groups excluding carboxylic acids is 1. The molecule has 0 atom stereocenters. The van der Waals surface area contributed by atoms with Gasteiger partial charge in [-0.2, -0.15) is 0 Å². The quantitative estimate of drug-likeness (QED) is 0.585. The number of thioether (sulfide) groups is 1. The van der Waals surface area contributed by atoms with Crippen molar-refractivity contribution in [3.8, 4) is 11.6 Å². The summed E-state index contributed by atoms with van der Waals surface area (Å²) in [6, 6.07) is 3.71. The van der Waals surface area contributed by atoms with Crippen LogP contribution in [-0.4, -0.2) is 32.2 Å². The summed E-state index contributed by atoms with van der Waals surface area (Å²) in [6.45, 7) is 6.91. The molecular formula is C16H19N5O2S2. The van der Waals surface area contributed by atoms with Crippen LogP contribution >= 0.6 is 23.1 Å². The van der Waals surface area contributed by atoms with Crippen LogP contribution in [0.2, 0.25) is 0 Å². The summed E-state index contributed by atoms with van der Waals surface area (Å²) in [6.07, 6.45) is 1.63. The molecule has 0 aromatic carbocycles. The number of anilines is 1. The minimum Gasteiger partial charge on any atom is -0.461 e. The number of amides is 1. The normalized spacial score (nSPS) is 11.0. The van der Waals surface area contributed by atoms with E-state index in [9.17, 15) is 4.79 Å². The standard InChI is InChI=1S/C16H19N5O2S2/c1-4-20(11(3)22)15-17-12(9-24-15)10-25-16-19-18-14(21(16)5-2)13-7-6-8-23-13/h6-9H,4-5,10H2,1-3H3. The van der Waals surface area contributed by atoms with Crippen LogP contribution in [0.4, 0.5) is 5.13 Å². The number of aromatic nitrogens is 4. The van der Waals surface area contributed by atoms with Crippen molar-refractivity contribution >= 4 is 34.1 Å². The predicted molar refractivity (Wildman–Crippen MR) is 98.8 cm³/mol. The highest BCUT2D eigenvalue weighted by molar-refractivity contribution is 7.98. The predicted octanol–water partition coefficient (Wildman–Crippen LogP) is 3.68. The molecule has 3 heterocycles. The van der Waals surface area contributed by atoms with Gasteiger partial charge in [-0.1, -0.05) is 11.8 Å². The van der Waals surface area contributed by atoms with Crippen LogP contribution in [-0.2, 0) is 17.1 Å². The van der Waals surface area contributed by atoms with Crippen molar-refractivity contribution in [1.29, 1.82) is 0 Å². The third-order valence-electron chi connectivity index (χ3n) is 3.59. The average molecular weight is 377 g/mol. The van der Waals surface area contributed by atoms with Crippen molar-refractivity contribution in [3.05, 3.63) is 29.5 Å². The number of rotatable bonds is 7. The summed E-state index contributed by atoms with van der Waals surface area (Å²) >= 11 is 3.05. The van der Waals surface area contributed by atoms with Crippen LogP contribution in [0.25, 0.3) is 11.6 Å². The van der Waals surface area contributed by atoms with Gasteiger partial charge < -0.3 is 4.42 Å².